The molecule has 1 unspecified atom stereocenters. The highest BCUT2D eigenvalue weighted by Crippen LogP contribution is 2.51. The number of ether oxygens (including phenoxy) is 1. The zero-order chi connectivity index (χ0) is 32.8. The van der Waals surface area contributed by atoms with E-state index in [1.165, 1.54) is 38.5 Å². The number of benzene rings is 3. The number of pyridine rings is 2. The molecule has 6 aromatic rings. The lowest BCUT2D eigenvalue weighted by Crippen LogP contribution is -2.40. The van der Waals surface area contributed by atoms with Gasteiger partial charge in [0.1, 0.15) is 23.5 Å². The van der Waals surface area contributed by atoms with Crippen LogP contribution in [-0.2, 0) is 10.8 Å². The fourth-order valence-electron chi connectivity index (χ4n) is 7.96. The van der Waals surface area contributed by atoms with Crippen molar-refractivity contribution >= 4 is 33.3 Å². The molecule has 2 aliphatic heterocycles. The summed E-state index contributed by atoms with van der Waals surface area (Å²) < 4.78 is 9.45. The Bertz CT molecular complexity index is 2170. The summed E-state index contributed by atoms with van der Waals surface area (Å²) in [4.78, 5) is 12.1. The summed E-state index contributed by atoms with van der Waals surface area (Å²) in [6.07, 6.45) is 3.47. The van der Waals surface area contributed by atoms with Gasteiger partial charge < -0.3 is 4.74 Å². The molecular formula is C42H42N4O. The summed E-state index contributed by atoms with van der Waals surface area (Å²) in [7, 11) is 0. The molecule has 2 atom stereocenters. The Labute approximate surface area is 277 Å². The number of hydrogen-bond acceptors (Lipinski definition) is 4. The highest BCUT2D eigenvalue weighted by Gasteiger charge is 2.41. The largest absolute Gasteiger partial charge is 0.484 e. The first-order valence-corrected chi connectivity index (χ1v) is 16.8. The summed E-state index contributed by atoms with van der Waals surface area (Å²) in [5.41, 5.74) is 8.92. The maximum absolute atomic E-state index is 7.11. The molecule has 2 aliphatic rings. The zero-order valence-electron chi connectivity index (χ0n) is 28.4. The third kappa shape index (κ3) is 4.15. The van der Waals surface area contributed by atoms with Crippen LogP contribution in [0, 0.1) is 11.8 Å². The van der Waals surface area contributed by atoms with E-state index in [1.807, 2.05) is 24.5 Å². The first kappa shape index (κ1) is 29.5. The third-order valence-electron chi connectivity index (χ3n) is 11.0. The van der Waals surface area contributed by atoms with Crippen LogP contribution < -0.4 is 9.64 Å². The summed E-state index contributed by atoms with van der Waals surface area (Å²) in [5, 5.41) is 2.43. The SMILES string of the molecule is C=C(C(Oc1ccc2c3cccc4c3n(c2c1)-c1ncccc1C4(C)C)[C@@H](C)C(C)C)N1c2ccccc2C(C)(C)c2cccnc21. The molecular weight excluding hydrogens is 576 g/mol. The summed E-state index contributed by atoms with van der Waals surface area (Å²) in [5.74, 6) is 3.25. The van der Waals surface area contributed by atoms with Crippen LogP contribution >= 0.6 is 0 Å². The van der Waals surface area contributed by atoms with E-state index in [2.05, 4.69) is 131 Å². The van der Waals surface area contributed by atoms with E-state index in [1.54, 1.807) is 0 Å². The minimum atomic E-state index is -0.304. The molecule has 0 saturated carbocycles. The zero-order valence-corrected chi connectivity index (χ0v) is 28.4. The molecule has 0 fully saturated rings. The van der Waals surface area contributed by atoms with Gasteiger partial charge in [-0.3, -0.25) is 9.47 Å². The average molecular weight is 619 g/mol. The Morgan fingerprint density at radius 1 is 0.702 bits per heavy atom. The molecule has 0 N–H and O–H groups in total. The van der Waals surface area contributed by atoms with Gasteiger partial charge in [0.2, 0.25) is 0 Å². The second-order valence-corrected chi connectivity index (χ2v) is 14.7. The molecule has 47 heavy (non-hydrogen) atoms. The van der Waals surface area contributed by atoms with Gasteiger partial charge in [0, 0.05) is 57.1 Å². The molecule has 3 aromatic carbocycles. The number of rotatable bonds is 6. The number of fused-ring (bicyclic) bond motifs is 7. The van der Waals surface area contributed by atoms with Crippen molar-refractivity contribution in [2.45, 2.75) is 65.4 Å². The lowest BCUT2D eigenvalue weighted by molar-refractivity contribution is 0.145. The highest BCUT2D eigenvalue weighted by atomic mass is 16.5. The van der Waals surface area contributed by atoms with Gasteiger partial charge in [-0.05, 0) is 47.4 Å². The first-order chi connectivity index (χ1) is 22.5. The van der Waals surface area contributed by atoms with Crippen LogP contribution in [0.2, 0.25) is 0 Å². The predicted octanol–water partition coefficient (Wildman–Crippen LogP) is 10.2. The van der Waals surface area contributed by atoms with Crippen LogP contribution in [0.4, 0.5) is 11.5 Å². The van der Waals surface area contributed by atoms with Crippen LogP contribution in [-0.4, -0.2) is 20.6 Å². The van der Waals surface area contributed by atoms with E-state index in [4.69, 9.17) is 21.3 Å². The quantitative estimate of drug-likeness (QED) is 0.186. The van der Waals surface area contributed by atoms with Gasteiger partial charge in [0.05, 0.1) is 22.4 Å². The lowest BCUT2D eigenvalue weighted by atomic mass is 9.74. The molecule has 5 nitrogen and oxygen atoms in total. The van der Waals surface area contributed by atoms with Gasteiger partial charge in [-0.15, -0.1) is 0 Å². The maximum Gasteiger partial charge on any atom is 0.141 e. The fraction of sp³-hybridized carbons (Fsp3) is 0.286. The molecule has 0 amide bonds. The van der Waals surface area contributed by atoms with Crippen molar-refractivity contribution < 1.29 is 4.74 Å². The van der Waals surface area contributed by atoms with Crippen molar-refractivity contribution in [1.29, 1.82) is 0 Å². The van der Waals surface area contributed by atoms with Gasteiger partial charge in [-0.2, -0.15) is 0 Å². The minimum Gasteiger partial charge on any atom is -0.484 e. The molecule has 0 aliphatic carbocycles. The molecule has 0 saturated heterocycles. The molecule has 3 aromatic heterocycles. The van der Waals surface area contributed by atoms with E-state index in [-0.39, 0.29) is 22.9 Å². The molecule has 8 rings (SSSR count). The monoisotopic (exact) mass is 618 g/mol. The molecule has 0 spiro atoms. The van der Waals surface area contributed by atoms with Crippen molar-refractivity contribution in [2.75, 3.05) is 4.90 Å². The second-order valence-electron chi connectivity index (χ2n) is 14.7. The predicted molar refractivity (Wildman–Crippen MR) is 193 cm³/mol. The normalized spacial score (nSPS) is 16.8. The van der Waals surface area contributed by atoms with Crippen molar-refractivity contribution in [3.63, 3.8) is 0 Å². The Morgan fingerprint density at radius 3 is 2.09 bits per heavy atom. The van der Waals surface area contributed by atoms with Crippen molar-refractivity contribution in [3.8, 4) is 11.6 Å². The Kier molecular flexibility index (Phi) is 6.47. The van der Waals surface area contributed by atoms with Crippen molar-refractivity contribution in [1.82, 2.24) is 14.5 Å². The smallest absolute Gasteiger partial charge is 0.141 e. The maximum atomic E-state index is 7.11. The minimum absolute atomic E-state index is 0.161. The first-order valence-electron chi connectivity index (χ1n) is 16.8. The standard InChI is InChI=1S/C42H42N4O/c1-25(2)26(3)38(27(4)45-35-19-10-9-15-31(35)41(5,6)33-17-12-22-43-39(33)45)47-28-20-21-29-30-14-11-16-32-37(30)46(36(29)24-28)40-34(42(32,7)8)18-13-23-44-40/h9-26,38H,4H2,1-3,5-8H3/t26-,38?/m0/s1. The van der Waals surface area contributed by atoms with Crippen LogP contribution in [0.15, 0.2) is 110 Å². The molecule has 0 bridgehead atoms. The number of hydrogen-bond donors (Lipinski definition) is 0. The second kappa shape index (κ2) is 10.3. The van der Waals surface area contributed by atoms with Gasteiger partial charge in [0.25, 0.3) is 0 Å². The number of aromatic nitrogens is 3. The topological polar surface area (TPSA) is 43.2 Å². The summed E-state index contributed by atoms with van der Waals surface area (Å²) in [6.45, 7) is 20.7. The number of para-hydroxylation sites is 2. The summed E-state index contributed by atoms with van der Waals surface area (Å²) >= 11 is 0. The lowest BCUT2D eigenvalue weighted by Gasteiger charge is -2.43. The number of nitrogens with zero attached hydrogens (tertiary/aromatic N) is 4. The van der Waals surface area contributed by atoms with Crippen LogP contribution in [0.3, 0.4) is 0 Å². The molecule has 236 valence electrons. The highest BCUT2D eigenvalue weighted by molar-refractivity contribution is 6.11. The van der Waals surface area contributed by atoms with Crippen LogP contribution in [0.1, 0.15) is 70.7 Å². The molecule has 5 heteroatoms. The fourth-order valence-corrected chi connectivity index (χ4v) is 7.96. The van der Waals surface area contributed by atoms with E-state index in [0.717, 1.165) is 34.3 Å². The Morgan fingerprint density at radius 2 is 1.34 bits per heavy atom. The molecule has 5 heterocycles. The Balaban J connectivity index is 1.28. The average Bonchev–Trinajstić information content (AvgIpc) is 3.40. The molecule has 0 radical (unpaired) electrons. The van der Waals surface area contributed by atoms with Gasteiger partial charge in [-0.25, -0.2) is 9.97 Å². The van der Waals surface area contributed by atoms with Crippen molar-refractivity contribution in [3.05, 3.63) is 132 Å². The van der Waals surface area contributed by atoms with Gasteiger partial charge in [-0.1, -0.05) is 104 Å². The van der Waals surface area contributed by atoms with Crippen LogP contribution in [0.5, 0.6) is 5.75 Å². The van der Waals surface area contributed by atoms with E-state index in [9.17, 15) is 0 Å². The van der Waals surface area contributed by atoms with Gasteiger partial charge in [0.15, 0.2) is 0 Å². The van der Waals surface area contributed by atoms with Gasteiger partial charge >= 0.3 is 0 Å². The van der Waals surface area contributed by atoms with E-state index < -0.39 is 0 Å². The third-order valence-corrected chi connectivity index (χ3v) is 11.0. The van der Waals surface area contributed by atoms with E-state index >= 15 is 0 Å². The van der Waals surface area contributed by atoms with E-state index in [0.29, 0.717) is 5.92 Å². The van der Waals surface area contributed by atoms with Crippen molar-refractivity contribution in [2.24, 2.45) is 11.8 Å². The van der Waals surface area contributed by atoms with Crippen LogP contribution in [0.25, 0.3) is 27.6 Å². The summed E-state index contributed by atoms with van der Waals surface area (Å²) in [6, 6.07) is 30.3. The Hall–Kier alpha value is -4.90. The number of anilines is 2.